The van der Waals surface area contributed by atoms with Crippen LogP contribution in [0.15, 0.2) is 26.7 Å². The zero-order valence-electron chi connectivity index (χ0n) is 9.39. The molecule has 2 N–H and O–H groups in total. The van der Waals surface area contributed by atoms with Crippen LogP contribution in [-0.4, -0.2) is 13.2 Å². The molecule has 0 radical (unpaired) electrons. The van der Waals surface area contributed by atoms with Gasteiger partial charge in [0, 0.05) is 6.54 Å². The Morgan fingerprint density at radius 1 is 1.38 bits per heavy atom. The van der Waals surface area contributed by atoms with Crippen molar-refractivity contribution in [3.8, 4) is 5.75 Å². The van der Waals surface area contributed by atoms with Crippen LogP contribution in [0.5, 0.6) is 5.75 Å². The third kappa shape index (κ3) is 3.61. The first-order chi connectivity index (χ1) is 7.58. The zero-order chi connectivity index (χ0) is 12.1. The van der Waals surface area contributed by atoms with Crippen molar-refractivity contribution in [3.05, 3.63) is 32.2 Å². The molecule has 0 heterocycles. The zero-order valence-corrected chi connectivity index (χ0v) is 12.6. The highest BCUT2D eigenvalue weighted by Crippen LogP contribution is 2.35. The molecule has 1 aromatic carbocycles. The van der Waals surface area contributed by atoms with Gasteiger partial charge in [-0.15, -0.1) is 0 Å². The molecular weight excluding hydrogens is 334 g/mol. The molecule has 16 heavy (non-hydrogen) atoms. The molecule has 0 aliphatic carbocycles. The molecule has 0 aliphatic heterocycles. The van der Waals surface area contributed by atoms with Crippen molar-refractivity contribution in [2.24, 2.45) is 5.73 Å². The summed E-state index contributed by atoms with van der Waals surface area (Å²) in [6.45, 7) is 5.19. The normalized spacial score (nSPS) is 11.7. The predicted molar refractivity (Wildman–Crippen MR) is 75.7 cm³/mol. The van der Waals surface area contributed by atoms with E-state index in [-0.39, 0.29) is 0 Å². The van der Waals surface area contributed by atoms with Crippen LogP contribution in [0.2, 0.25) is 0 Å². The third-order valence-corrected chi connectivity index (χ3v) is 3.22. The smallest absolute Gasteiger partial charge is 0.147 e. The first kappa shape index (κ1) is 13.7. The van der Waals surface area contributed by atoms with Gasteiger partial charge in [-0.2, -0.15) is 0 Å². The van der Waals surface area contributed by atoms with Gasteiger partial charge in [-0.05, 0) is 63.4 Å². The van der Waals surface area contributed by atoms with Crippen molar-refractivity contribution in [3.63, 3.8) is 0 Å². The van der Waals surface area contributed by atoms with Gasteiger partial charge < -0.3 is 10.5 Å². The highest BCUT2D eigenvalue weighted by atomic mass is 79.9. The van der Waals surface area contributed by atoms with E-state index in [0.29, 0.717) is 13.2 Å². The molecule has 0 amide bonds. The number of ether oxygens (including phenoxy) is 1. The lowest BCUT2D eigenvalue weighted by Gasteiger charge is -2.09. The number of hydrogen-bond donors (Lipinski definition) is 1. The Balaban J connectivity index is 3.09. The van der Waals surface area contributed by atoms with E-state index in [1.807, 2.05) is 26.0 Å². The van der Waals surface area contributed by atoms with Gasteiger partial charge in [-0.3, -0.25) is 0 Å². The second kappa shape index (κ2) is 6.42. The Bertz CT molecular complexity index is 379. The van der Waals surface area contributed by atoms with Crippen molar-refractivity contribution in [2.45, 2.75) is 13.8 Å². The topological polar surface area (TPSA) is 35.2 Å². The van der Waals surface area contributed by atoms with Crippen LogP contribution in [0.1, 0.15) is 19.4 Å². The predicted octanol–water partition coefficient (Wildman–Crippen LogP) is 3.97. The van der Waals surface area contributed by atoms with E-state index in [1.165, 1.54) is 0 Å². The first-order valence-electron chi connectivity index (χ1n) is 5.07. The molecule has 0 unspecified atom stereocenters. The van der Waals surface area contributed by atoms with Crippen LogP contribution in [0.4, 0.5) is 0 Å². The van der Waals surface area contributed by atoms with Crippen molar-refractivity contribution >= 4 is 37.9 Å². The Labute approximate surface area is 113 Å². The minimum Gasteiger partial charge on any atom is -0.492 e. The molecule has 2 nitrogen and oxygen atoms in total. The number of nitrogens with two attached hydrogens (primary N) is 1. The van der Waals surface area contributed by atoms with Crippen LogP contribution in [-0.2, 0) is 0 Å². The average Bonchev–Trinajstić information content (AvgIpc) is 2.23. The number of halogens is 2. The molecule has 0 bridgehead atoms. The van der Waals surface area contributed by atoms with Crippen LogP contribution in [0.3, 0.4) is 0 Å². The van der Waals surface area contributed by atoms with E-state index in [9.17, 15) is 0 Å². The summed E-state index contributed by atoms with van der Waals surface area (Å²) in [5.41, 5.74) is 7.80. The molecule has 0 fully saturated rings. The summed E-state index contributed by atoms with van der Waals surface area (Å²) in [5.74, 6) is 0.838. The highest BCUT2D eigenvalue weighted by molar-refractivity contribution is 9.11. The Morgan fingerprint density at radius 2 is 1.94 bits per heavy atom. The Morgan fingerprint density at radius 3 is 2.38 bits per heavy atom. The van der Waals surface area contributed by atoms with Gasteiger partial charge in [0.15, 0.2) is 0 Å². The fourth-order valence-corrected chi connectivity index (χ4v) is 2.74. The van der Waals surface area contributed by atoms with Gasteiger partial charge in [0.25, 0.3) is 0 Å². The molecule has 1 rings (SSSR count). The maximum atomic E-state index is 5.56. The average molecular weight is 349 g/mol. The summed E-state index contributed by atoms with van der Waals surface area (Å²) < 4.78 is 7.40. The summed E-state index contributed by atoms with van der Waals surface area (Å²) in [7, 11) is 0. The van der Waals surface area contributed by atoms with Crippen LogP contribution >= 0.6 is 31.9 Å². The van der Waals surface area contributed by atoms with E-state index in [1.54, 1.807) is 0 Å². The van der Waals surface area contributed by atoms with Crippen LogP contribution < -0.4 is 10.5 Å². The maximum absolute atomic E-state index is 5.56. The molecule has 0 saturated heterocycles. The Hall–Kier alpha value is -0.320. The maximum Gasteiger partial charge on any atom is 0.147 e. The van der Waals surface area contributed by atoms with Gasteiger partial charge in [-0.1, -0.05) is 11.6 Å². The number of hydrogen-bond acceptors (Lipinski definition) is 2. The minimum atomic E-state index is 0.572. The molecule has 1 aromatic rings. The second-order valence-electron chi connectivity index (χ2n) is 3.44. The van der Waals surface area contributed by atoms with E-state index in [4.69, 9.17) is 10.5 Å². The van der Waals surface area contributed by atoms with E-state index in [2.05, 4.69) is 37.9 Å². The highest BCUT2D eigenvalue weighted by Gasteiger charge is 2.07. The molecule has 0 aromatic heterocycles. The van der Waals surface area contributed by atoms with Crippen molar-refractivity contribution in [1.82, 2.24) is 0 Å². The number of rotatable bonds is 4. The fourth-order valence-electron chi connectivity index (χ4n) is 1.29. The molecule has 4 heteroatoms. The third-order valence-electron chi connectivity index (χ3n) is 2.04. The first-order valence-corrected chi connectivity index (χ1v) is 6.66. The fraction of sp³-hybridized carbons (Fsp3) is 0.333. The van der Waals surface area contributed by atoms with Crippen LogP contribution in [0.25, 0.3) is 6.08 Å². The molecular formula is C12H15Br2NO. The van der Waals surface area contributed by atoms with E-state index >= 15 is 0 Å². The van der Waals surface area contributed by atoms with Gasteiger partial charge in [0.05, 0.1) is 15.6 Å². The lowest BCUT2D eigenvalue weighted by atomic mass is 10.1. The quantitative estimate of drug-likeness (QED) is 0.893. The SMILES string of the molecule is CCOc1c(Br)cc(C=C(C)CN)cc1Br. The van der Waals surface area contributed by atoms with Gasteiger partial charge in [0.1, 0.15) is 5.75 Å². The minimum absolute atomic E-state index is 0.572. The van der Waals surface area contributed by atoms with Crippen molar-refractivity contribution < 1.29 is 4.74 Å². The number of benzene rings is 1. The summed E-state index contributed by atoms with van der Waals surface area (Å²) in [6.07, 6.45) is 2.06. The summed E-state index contributed by atoms with van der Waals surface area (Å²) in [6, 6.07) is 4.05. The lowest BCUT2D eigenvalue weighted by molar-refractivity contribution is 0.336. The second-order valence-corrected chi connectivity index (χ2v) is 5.15. The van der Waals surface area contributed by atoms with Crippen molar-refractivity contribution in [1.29, 1.82) is 0 Å². The van der Waals surface area contributed by atoms with Crippen LogP contribution in [0, 0.1) is 0 Å². The molecule has 0 spiro atoms. The van der Waals surface area contributed by atoms with Crippen molar-refractivity contribution in [2.75, 3.05) is 13.2 Å². The van der Waals surface area contributed by atoms with Gasteiger partial charge in [0.2, 0.25) is 0 Å². The molecule has 0 saturated carbocycles. The monoisotopic (exact) mass is 347 g/mol. The van der Waals surface area contributed by atoms with E-state index < -0.39 is 0 Å². The summed E-state index contributed by atoms with van der Waals surface area (Å²) in [5, 5.41) is 0. The molecule has 0 aliphatic rings. The summed E-state index contributed by atoms with van der Waals surface area (Å²) in [4.78, 5) is 0. The summed E-state index contributed by atoms with van der Waals surface area (Å²) >= 11 is 6.99. The largest absolute Gasteiger partial charge is 0.492 e. The standard InChI is InChI=1S/C12H15Br2NO/c1-3-16-12-10(13)5-9(6-11(12)14)4-8(2)7-15/h4-6H,3,7,15H2,1-2H3. The molecule has 88 valence electrons. The van der Waals surface area contributed by atoms with E-state index in [0.717, 1.165) is 25.8 Å². The van der Waals surface area contributed by atoms with Gasteiger partial charge >= 0.3 is 0 Å². The lowest BCUT2D eigenvalue weighted by Crippen LogP contribution is -1.99. The Kier molecular flexibility index (Phi) is 5.52. The van der Waals surface area contributed by atoms with Gasteiger partial charge in [-0.25, -0.2) is 0 Å². The molecule has 0 atom stereocenters.